The molecule has 7 nitrogen and oxygen atoms in total. The van der Waals surface area contributed by atoms with Crippen molar-refractivity contribution in [2.75, 3.05) is 11.9 Å². The number of carbonyl (C=O) groups excluding carboxylic acids is 1. The lowest BCUT2D eigenvalue weighted by Gasteiger charge is -2.16. The number of nitrogens with zero attached hydrogens (tertiary/aromatic N) is 4. The van der Waals surface area contributed by atoms with Crippen molar-refractivity contribution in [1.82, 2.24) is 24.9 Å². The van der Waals surface area contributed by atoms with Crippen LogP contribution in [0.3, 0.4) is 0 Å². The maximum absolute atomic E-state index is 12.4. The van der Waals surface area contributed by atoms with Gasteiger partial charge in [-0.1, -0.05) is 36.4 Å². The molecule has 1 saturated heterocycles. The number of para-hydroxylation sites is 1. The first kappa shape index (κ1) is 17.6. The van der Waals surface area contributed by atoms with Crippen molar-refractivity contribution in [3.63, 3.8) is 0 Å². The first-order valence-corrected chi connectivity index (χ1v) is 9.96. The van der Waals surface area contributed by atoms with Crippen LogP contribution in [0, 0.1) is 6.92 Å². The van der Waals surface area contributed by atoms with Gasteiger partial charge in [-0.15, -0.1) is 5.10 Å². The average Bonchev–Trinajstić information content (AvgIpc) is 3.08. The summed E-state index contributed by atoms with van der Waals surface area (Å²) < 4.78 is 1.72. The van der Waals surface area contributed by atoms with Crippen LogP contribution >= 0.6 is 0 Å². The second-order valence-corrected chi connectivity index (χ2v) is 7.42. The monoisotopic (exact) mass is 386 g/mol. The predicted molar refractivity (Wildman–Crippen MR) is 113 cm³/mol. The molecule has 29 heavy (non-hydrogen) atoms. The number of fused-ring (bicyclic) bond motifs is 3. The Bertz CT molecular complexity index is 1210. The Balaban J connectivity index is 1.68. The average molecular weight is 386 g/mol. The van der Waals surface area contributed by atoms with Crippen LogP contribution < -0.4 is 10.6 Å². The van der Waals surface area contributed by atoms with Crippen molar-refractivity contribution in [1.29, 1.82) is 0 Å². The number of hydrogen-bond donors (Lipinski definition) is 2. The van der Waals surface area contributed by atoms with Gasteiger partial charge >= 0.3 is 0 Å². The first-order chi connectivity index (χ1) is 14.2. The third kappa shape index (κ3) is 3.18. The van der Waals surface area contributed by atoms with Gasteiger partial charge in [0.05, 0.1) is 5.52 Å². The van der Waals surface area contributed by atoms with Crippen LogP contribution in [0.2, 0.25) is 0 Å². The highest BCUT2D eigenvalue weighted by atomic mass is 16.2. The number of benzene rings is 2. The van der Waals surface area contributed by atoms with Gasteiger partial charge in [-0.2, -0.15) is 4.52 Å². The molecule has 7 heteroatoms. The third-order valence-corrected chi connectivity index (χ3v) is 5.40. The van der Waals surface area contributed by atoms with Gasteiger partial charge in [0.25, 0.3) is 0 Å². The van der Waals surface area contributed by atoms with Crippen LogP contribution in [0.1, 0.15) is 24.8 Å². The smallest absolute Gasteiger partial charge is 0.242 e. The molecule has 0 bridgehead atoms. The summed E-state index contributed by atoms with van der Waals surface area (Å²) in [6, 6.07) is 15.6. The summed E-state index contributed by atoms with van der Waals surface area (Å²) >= 11 is 0. The fraction of sp³-hybridized carbons (Fsp3) is 0.273. The zero-order chi connectivity index (χ0) is 19.8. The molecule has 0 unspecified atom stereocenters. The molecule has 1 atom stereocenters. The molecule has 2 aromatic heterocycles. The molecule has 1 fully saturated rings. The van der Waals surface area contributed by atoms with E-state index < -0.39 is 0 Å². The van der Waals surface area contributed by atoms with Crippen LogP contribution in [-0.2, 0) is 4.79 Å². The molecule has 1 aliphatic rings. The van der Waals surface area contributed by atoms with Gasteiger partial charge in [-0.3, -0.25) is 4.79 Å². The van der Waals surface area contributed by atoms with E-state index in [1.165, 1.54) is 0 Å². The highest BCUT2D eigenvalue weighted by molar-refractivity contribution is 5.93. The second-order valence-electron chi connectivity index (χ2n) is 7.42. The highest BCUT2D eigenvalue weighted by Crippen LogP contribution is 2.26. The van der Waals surface area contributed by atoms with Crippen molar-refractivity contribution in [2.24, 2.45) is 0 Å². The lowest BCUT2D eigenvalue weighted by atomic mass is 10.1. The molecule has 0 aliphatic carbocycles. The minimum Gasteiger partial charge on any atom is -0.354 e. The molecule has 0 saturated carbocycles. The van der Waals surface area contributed by atoms with Gasteiger partial charge < -0.3 is 10.6 Å². The summed E-state index contributed by atoms with van der Waals surface area (Å²) in [5.41, 5.74) is 3.64. The maximum Gasteiger partial charge on any atom is 0.242 e. The Hall–Kier alpha value is -3.48. The molecule has 3 heterocycles. The third-order valence-electron chi connectivity index (χ3n) is 5.40. The predicted octanol–water partition coefficient (Wildman–Crippen LogP) is 3.33. The van der Waals surface area contributed by atoms with E-state index in [1.54, 1.807) is 4.52 Å². The number of carbonyl (C=O) groups is 1. The number of aryl methyl sites for hydroxylation is 1. The SMILES string of the molecule is Cc1ccccc1-c1nc2c3ccccc3nc(N[C@@H]3CCCCNC3=O)n2n1. The summed E-state index contributed by atoms with van der Waals surface area (Å²) in [7, 11) is 0. The van der Waals surface area contributed by atoms with Crippen molar-refractivity contribution >= 4 is 28.4 Å². The minimum absolute atomic E-state index is 0.00449. The molecule has 2 N–H and O–H groups in total. The van der Waals surface area contributed by atoms with Crippen molar-refractivity contribution in [3.05, 3.63) is 54.1 Å². The molecular weight excluding hydrogens is 364 g/mol. The second kappa shape index (κ2) is 7.16. The Morgan fingerprint density at radius 1 is 1.07 bits per heavy atom. The van der Waals surface area contributed by atoms with Crippen LogP contribution in [0.4, 0.5) is 5.95 Å². The van der Waals surface area contributed by atoms with Crippen LogP contribution in [-0.4, -0.2) is 38.1 Å². The van der Waals surface area contributed by atoms with Gasteiger partial charge in [0.15, 0.2) is 11.5 Å². The number of amides is 1. The van der Waals surface area contributed by atoms with Crippen LogP contribution in [0.5, 0.6) is 0 Å². The summed E-state index contributed by atoms with van der Waals surface area (Å²) in [5, 5.41) is 12.0. The van der Waals surface area contributed by atoms with E-state index in [0.29, 0.717) is 11.8 Å². The van der Waals surface area contributed by atoms with Crippen LogP contribution in [0.25, 0.3) is 27.9 Å². The summed E-state index contributed by atoms with van der Waals surface area (Å²) in [6.45, 7) is 2.77. The summed E-state index contributed by atoms with van der Waals surface area (Å²) in [6.07, 6.45) is 2.74. The fourth-order valence-electron chi connectivity index (χ4n) is 3.82. The number of nitrogens with one attached hydrogen (secondary N) is 2. The lowest BCUT2D eigenvalue weighted by molar-refractivity contribution is -0.121. The molecule has 1 amide bonds. The van der Waals surface area contributed by atoms with E-state index in [1.807, 2.05) is 55.5 Å². The van der Waals surface area contributed by atoms with Crippen LogP contribution in [0.15, 0.2) is 48.5 Å². The van der Waals surface area contributed by atoms with E-state index in [2.05, 4.69) is 10.6 Å². The van der Waals surface area contributed by atoms with Crippen molar-refractivity contribution < 1.29 is 4.79 Å². The Labute approximate surface area is 168 Å². The standard InChI is InChI=1S/C22H22N6O/c1-14-8-2-3-9-15(14)19-26-20-16-10-4-5-11-17(16)24-22(28(20)27-19)25-18-12-6-7-13-23-21(18)29/h2-5,8-11,18H,6-7,12-13H2,1H3,(H,23,29)(H,24,25)/t18-/m1/s1. The van der Waals surface area contributed by atoms with Gasteiger partial charge in [0, 0.05) is 17.5 Å². The van der Waals surface area contributed by atoms with E-state index in [4.69, 9.17) is 15.1 Å². The van der Waals surface area contributed by atoms with E-state index in [9.17, 15) is 4.79 Å². The van der Waals surface area contributed by atoms with Gasteiger partial charge in [0.2, 0.25) is 11.9 Å². The molecule has 1 aliphatic heterocycles. The topological polar surface area (TPSA) is 84.2 Å². The zero-order valence-electron chi connectivity index (χ0n) is 16.2. The fourth-order valence-corrected chi connectivity index (χ4v) is 3.82. The highest BCUT2D eigenvalue weighted by Gasteiger charge is 2.23. The molecule has 146 valence electrons. The van der Waals surface area contributed by atoms with E-state index in [0.717, 1.165) is 53.5 Å². The molecule has 2 aromatic carbocycles. The number of rotatable bonds is 3. The number of anilines is 1. The minimum atomic E-state index is -0.333. The number of aromatic nitrogens is 4. The molecular formula is C22H22N6O. The zero-order valence-corrected chi connectivity index (χ0v) is 16.2. The Kier molecular flexibility index (Phi) is 4.35. The van der Waals surface area contributed by atoms with Gasteiger partial charge in [0.1, 0.15) is 6.04 Å². The van der Waals surface area contributed by atoms with Crippen molar-refractivity contribution in [2.45, 2.75) is 32.2 Å². The molecule has 5 rings (SSSR count). The van der Waals surface area contributed by atoms with Gasteiger partial charge in [-0.25, -0.2) is 9.97 Å². The summed E-state index contributed by atoms with van der Waals surface area (Å²) in [4.78, 5) is 22.0. The van der Waals surface area contributed by atoms with Gasteiger partial charge in [-0.05, 0) is 43.9 Å². The molecule has 4 aromatic rings. The van der Waals surface area contributed by atoms with E-state index >= 15 is 0 Å². The molecule has 0 radical (unpaired) electrons. The number of hydrogen-bond acceptors (Lipinski definition) is 5. The first-order valence-electron chi connectivity index (χ1n) is 9.96. The quantitative estimate of drug-likeness (QED) is 0.564. The normalized spacial score (nSPS) is 17.3. The van der Waals surface area contributed by atoms with E-state index in [-0.39, 0.29) is 11.9 Å². The molecule has 0 spiro atoms. The van der Waals surface area contributed by atoms with Crippen molar-refractivity contribution in [3.8, 4) is 11.4 Å². The largest absolute Gasteiger partial charge is 0.354 e. The Morgan fingerprint density at radius 2 is 1.90 bits per heavy atom. The maximum atomic E-state index is 12.4. The lowest BCUT2D eigenvalue weighted by Crippen LogP contribution is -2.38. The summed E-state index contributed by atoms with van der Waals surface area (Å²) in [5.74, 6) is 1.19. The Morgan fingerprint density at radius 3 is 2.79 bits per heavy atom.